The van der Waals surface area contributed by atoms with Crippen molar-refractivity contribution in [2.75, 3.05) is 25.6 Å². The first-order chi connectivity index (χ1) is 15.0. The summed E-state index contributed by atoms with van der Waals surface area (Å²) in [5, 5.41) is 5.64. The van der Waals surface area contributed by atoms with E-state index in [4.69, 9.17) is 4.74 Å². The van der Waals surface area contributed by atoms with Gasteiger partial charge in [0.25, 0.3) is 0 Å². The van der Waals surface area contributed by atoms with Gasteiger partial charge >= 0.3 is 6.09 Å². The number of rotatable bonds is 11. The fourth-order valence-corrected chi connectivity index (χ4v) is 3.66. The van der Waals surface area contributed by atoms with Gasteiger partial charge in [-0.2, -0.15) is 11.8 Å². The zero-order valence-electron chi connectivity index (χ0n) is 20.5. The van der Waals surface area contributed by atoms with Gasteiger partial charge < -0.3 is 20.3 Å². The Balaban J connectivity index is 3.15. The molecule has 0 aliphatic rings. The van der Waals surface area contributed by atoms with Gasteiger partial charge in [0.05, 0.1) is 0 Å². The van der Waals surface area contributed by atoms with Crippen LogP contribution in [0.5, 0.6) is 0 Å². The quantitative estimate of drug-likeness (QED) is 0.481. The summed E-state index contributed by atoms with van der Waals surface area (Å²) in [4.78, 5) is 40.3. The molecule has 180 valence electrons. The molecule has 3 amide bonds. The van der Waals surface area contributed by atoms with Crippen molar-refractivity contribution < 1.29 is 19.1 Å². The summed E-state index contributed by atoms with van der Waals surface area (Å²) >= 11 is 1.58. The fourth-order valence-electron chi connectivity index (χ4n) is 3.19. The second-order valence-corrected chi connectivity index (χ2v) is 9.88. The molecule has 0 aliphatic heterocycles. The molecule has 0 radical (unpaired) electrons. The number of nitrogens with zero attached hydrogens (tertiary/aromatic N) is 1. The van der Waals surface area contributed by atoms with E-state index in [9.17, 15) is 14.4 Å². The number of amides is 3. The lowest BCUT2D eigenvalue weighted by atomic mass is 10.0. The highest BCUT2D eigenvalue weighted by Crippen LogP contribution is 2.23. The molecule has 0 fully saturated rings. The zero-order valence-corrected chi connectivity index (χ0v) is 21.3. The van der Waals surface area contributed by atoms with Crippen molar-refractivity contribution in [1.29, 1.82) is 0 Å². The number of hydrogen-bond acceptors (Lipinski definition) is 5. The Hall–Kier alpha value is -2.22. The van der Waals surface area contributed by atoms with Crippen LogP contribution in [0.25, 0.3) is 0 Å². The van der Waals surface area contributed by atoms with Gasteiger partial charge in [-0.3, -0.25) is 9.59 Å². The van der Waals surface area contributed by atoms with Gasteiger partial charge in [-0.15, -0.1) is 0 Å². The molecular formula is C24H39N3O4S. The van der Waals surface area contributed by atoms with E-state index in [2.05, 4.69) is 17.6 Å². The molecule has 1 rings (SSSR count). The Morgan fingerprint density at radius 1 is 1.22 bits per heavy atom. The highest BCUT2D eigenvalue weighted by molar-refractivity contribution is 7.98. The van der Waals surface area contributed by atoms with Gasteiger partial charge in [0, 0.05) is 13.6 Å². The van der Waals surface area contributed by atoms with Crippen LogP contribution in [0.15, 0.2) is 24.3 Å². The van der Waals surface area contributed by atoms with Crippen LogP contribution in [-0.2, 0) is 14.3 Å². The first-order valence-corrected chi connectivity index (χ1v) is 12.5. The van der Waals surface area contributed by atoms with E-state index in [0.29, 0.717) is 18.7 Å². The minimum absolute atomic E-state index is 0.235. The van der Waals surface area contributed by atoms with Crippen LogP contribution in [0.3, 0.4) is 0 Å². The lowest BCUT2D eigenvalue weighted by Crippen LogP contribution is -2.52. The molecule has 0 saturated heterocycles. The zero-order chi connectivity index (χ0) is 24.3. The van der Waals surface area contributed by atoms with Crippen molar-refractivity contribution in [1.82, 2.24) is 15.5 Å². The molecule has 0 bridgehead atoms. The van der Waals surface area contributed by atoms with E-state index < -0.39 is 23.8 Å². The topological polar surface area (TPSA) is 87.7 Å². The fraction of sp³-hybridized carbons (Fsp3) is 0.625. The maximum Gasteiger partial charge on any atom is 0.408 e. The largest absolute Gasteiger partial charge is 0.444 e. The first-order valence-electron chi connectivity index (χ1n) is 11.1. The third kappa shape index (κ3) is 9.51. The monoisotopic (exact) mass is 465 g/mol. The molecule has 0 saturated carbocycles. The maximum absolute atomic E-state index is 13.5. The van der Waals surface area contributed by atoms with Gasteiger partial charge in [-0.1, -0.05) is 43.2 Å². The van der Waals surface area contributed by atoms with E-state index in [1.165, 1.54) is 4.90 Å². The summed E-state index contributed by atoms with van der Waals surface area (Å²) in [6.45, 7) is 9.86. The summed E-state index contributed by atoms with van der Waals surface area (Å²) < 4.78 is 5.34. The number of ether oxygens (including phenoxy) is 1. The lowest BCUT2D eigenvalue weighted by Gasteiger charge is -2.31. The number of alkyl carbamates (subject to hydrolysis) is 1. The van der Waals surface area contributed by atoms with Gasteiger partial charge in [0.2, 0.25) is 11.8 Å². The number of carbonyl (C=O) groups excluding carboxylic acids is 3. The van der Waals surface area contributed by atoms with E-state index >= 15 is 0 Å². The smallest absolute Gasteiger partial charge is 0.408 e. The van der Waals surface area contributed by atoms with E-state index in [-0.39, 0.29) is 11.8 Å². The average Bonchev–Trinajstić information content (AvgIpc) is 2.69. The molecule has 1 aromatic carbocycles. The van der Waals surface area contributed by atoms with Crippen molar-refractivity contribution >= 4 is 29.7 Å². The van der Waals surface area contributed by atoms with Crippen molar-refractivity contribution in [3.8, 4) is 0 Å². The number of likely N-dealkylation sites (N-methyl/N-ethyl adjacent to an activating group) is 1. The number of carbonyl (C=O) groups is 3. The summed E-state index contributed by atoms with van der Waals surface area (Å²) in [7, 11) is 1.61. The molecule has 0 aliphatic carbocycles. The Kier molecular flexibility index (Phi) is 11.6. The number of aryl methyl sites for hydroxylation is 1. The minimum Gasteiger partial charge on any atom is -0.444 e. The van der Waals surface area contributed by atoms with E-state index in [1.54, 1.807) is 39.6 Å². The Morgan fingerprint density at radius 2 is 1.91 bits per heavy atom. The lowest BCUT2D eigenvalue weighted by molar-refractivity contribution is -0.140. The van der Waals surface area contributed by atoms with Crippen molar-refractivity contribution in [3.05, 3.63) is 35.4 Å². The number of benzene rings is 1. The number of hydrogen-bond donors (Lipinski definition) is 2. The molecule has 8 heteroatoms. The Labute approximate surface area is 197 Å². The second kappa shape index (κ2) is 13.4. The third-order valence-corrected chi connectivity index (χ3v) is 5.41. The minimum atomic E-state index is -0.795. The molecule has 2 atom stereocenters. The predicted molar refractivity (Wildman–Crippen MR) is 131 cm³/mol. The van der Waals surface area contributed by atoms with Crippen LogP contribution in [0.4, 0.5) is 4.79 Å². The van der Waals surface area contributed by atoms with Gasteiger partial charge in [-0.25, -0.2) is 4.79 Å². The van der Waals surface area contributed by atoms with Crippen molar-refractivity contribution in [2.45, 2.75) is 71.6 Å². The van der Waals surface area contributed by atoms with E-state index in [1.807, 2.05) is 37.4 Å². The highest BCUT2D eigenvalue weighted by atomic mass is 32.2. The van der Waals surface area contributed by atoms with Crippen LogP contribution in [0, 0.1) is 6.92 Å². The van der Waals surface area contributed by atoms with Crippen molar-refractivity contribution in [2.24, 2.45) is 0 Å². The molecule has 2 N–H and O–H groups in total. The Morgan fingerprint density at radius 3 is 2.47 bits per heavy atom. The van der Waals surface area contributed by atoms with E-state index in [0.717, 1.165) is 24.0 Å². The molecule has 1 aromatic rings. The summed E-state index contributed by atoms with van der Waals surface area (Å²) in [5.41, 5.74) is 1.06. The van der Waals surface area contributed by atoms with Gasteiger partial charge in [-0.05, 0) is 58.1 Å². The van der Waals surface area contributed by atoms with Crippen LogP contribution in [0.2, 0.25) is 0 Å². The second-order valence-electron chi connectivity index (χ2n) is 8.89. The van der Waals surface area contributed by atoms with Crippen LogP contribution < -0.4 is 10.6 Å². The first kappa shape index (κ1) is 27.8. The van der Waals surface area contributed by atoms with Crippen LogP contribution in [-0.4, -0.2) is 60.1 Å². The molecule has 0 aromatic heterocycles. The normalized spacial score (nSPS) is 13.1. The molecule has 32 heavy (non-hydrogen) atoms. The highest BCUT2D eigenvalue weighted by Gasteiger charge is 2.33. The third-order valence-electron chi connectivity index (χ3n) is 4.77. The predicted octanol–water partition coefficient (Wildman–Crippen LogP) is 4.06. The molecule has 0 spiro atoms. The number of thioether (sulfide) groups is 1. The average molecular weight is 466 g/mol. The number of unbranched alkanes of at least 4 members (excludes halogenated alkanes) is 1. The molecule has 2 unspecified atom stereocenters. The molecule has 0 heterocycles. The summed E-state index contributed by atoms with van der Waals surface area (Å²) in [6, 6.07) is 5.99. The number of nitrogens with one attached hydrogen (secondary N) is 2. The van der Waals surface area contributed by atoms with Crippen molar-refractivity contribution in [3.63, 3.8) is 0 Å². The standard InChI is InChI=1S/C24H39N3O4S/c1-8-9-14-25-21(28)20(18-12-10-11-17(2)16-18)27(6)22(29)19(13-15-32-7)26-23(30)31-24(3,4)5/h10-12,16,19-20H,8-9,13-15H2,1-7H3,(H,25,28)(H,26,30). The summed E-state index contributed by atoms with van der Waals surface area (Å²) in [5.74, 6) is 0.112. The SMILES string of the molecule is CCCCNC(=O)C(c1cccc(C)c1)N(C)C(=O)C(CCSC)NC(=O)OC(C)(C)C. The maximum atomic E-state index is 13.5. The Bertz CT molecular complexity index is 764. The molecular weight excluding hydrogens is 426 g/mol. The van der Waals surface area contributed by atoms with Gasteiger partial charge in [0.15, 0.2) is 0 Å². The molecule has 7 nitrogen and oxygen atoms in total. The summed E-state index contributed by atoms with van der Waals surface area (Å²) in [6.07, 6.45) is 3.54. The van der Waals surface area contributed by atoms with Crippen LogP contribution in [0.1, 0.15) is 64.1 Å². The van der Waals surface area contributed by atoms with Gasteiger partial charge in [0.1, 0.15) is 17.7 Å². The van der Waals surface area contributed by atoms with Crippen LogP contribution >= 0.6 is 11.8 Å².